The summed E-state index contributed by atoms with van der Waals surface area (Å²) in [7, 11) is 0. The van der Waals surface area contributed by atoms with Gasteiger partial charge in [-0.1, -0.05) is 17.7 Å². The Bertz CT molecular complexity index is 853. The lowest BCUT2D eigenvalue weighted by Gasteiger charge is -2.07. The van der Waals surface area contributed by atoms with E-state index in [-0.39, 0.29) is 33.8 Å². The first-order valence-corrected chi connectivity index (χ1v) is 8.64. The van der Waals surface area contributed by atoms with E-state index in [2.05, 4.69) is 15.4 Å². The molecule has 3 rings (SSSR count). The van der Waals surface area contributed by atoms with Crippen molar-refractivity contribution in [2.75, 3.05) is 12.0 Å². The molecule has 24 heavy (non-hydrogen) atoms. The summed E-state index contributed by atoms with van der Waals surface area (Å²) in [6.07, 6.45) is -0.0491. The second-order valence-corrected chi connectivity index (χ2v) is 6.85. The van der Waals surface area contributed by atoms with Crippen molar-refractivity contribution in [1.29, 1.82) is 0 Å². The van der Waals surface area contributed by atoms with Crippen LogP contribution in [0.15, 0.2) is 17.5 Å². The zero-order chi connectivity index (χ0) is 17.3. The normalized spacial score (nSPS) is 12.7. The van der Waals surface area contributed by atoms with Gasteiger partial charge in [-0.05, 0) is 29.5 Å². The second-order valence-electron chi connectivity index (χ2n) is 5.12. The topological polar surface area (TPSA) is 68.2 Å². The van der Waals surface area contributed by atoms with E-state index in [0.717, 1.165) is 9.39 Å². The molecule has 5 nitrogen and oxygen atoms in total. The molecule has 0 aliphatic carbocycles. The molecule has 10 heteroatoms. The fraction of sp³-hybridized carbons (Fsp3) is 0.286. The minimum atomic E-state index is -0.847. The van der Waals surface area contributed by atoms with E-state index in [1.807, 2.05) is 17.5 Å². The number of thiophene rings is 1. The Morgan fingerprint density at radius 2 is 2.21 bits per heavy atom. The third-order valence-corrected chi connectivity index (χ3v) is 4.83. The van der Waals surface area contributed by atoms with Gasteiger partial charge in [-0.2, -0.15) is 4.98 Å². The van der Waals surface area contributed by atoms with Crippen LogP contribution >= 0.6 is 34.5 Å². The number of anilines is 1. The Labute approximate surface area is 150 Å². The van der Waals surface area contributed by atoms with Gasteiger partial charge in [0.2, 0.25) is 5.28 Å². The molecule has 0 saturated heterocycles. The van der Waals surface area contributed by atoms with Gasteiger partial charge in [-0.25, -0.2) is 13.3 Å². The lowest BCUT2D eigenvalue weighted by Crippen LogP contribution is -2.25. The predicted octanol–water partition coefficient (Wildman–Crippen LogP) is 3.69. The summed E-state index contributed by atoms with van der Waals surface area (Å²) in [6.45, 7) is -0.333. The summed E-state index contributed by atoms with van der Waals surface area (Å²) >= 11 is 13.6. The van der Waals surface area contributed by atoms with Gasteiger partial charge in [0.1, 0.15) is 17.3 Å². The van der Waals surface area contributed by atoms with Gasteiger partial charge in [0, 0.05) is 16.5 Å². The number of hydrogen-bond acceptors (Lipinski definition) is 5. The molecule has 3 heterocycles. The number of rotatable bonds is 6. The molecule has 3 aromatic rings. The zero-order valence-corrected chi connectivity index (χ0v) is 14.6. The average Bonchev–Trinajstić information content (AvgIpc) is 3.16. The number of aromatic nitrogens is 3. The fourth-order valence-electron chi connectivity index (χ4n) is 2.30. The van der Waals surface area contributed by atoms with Crippen LogP contribution in [0, 0.1) is 5.82 Å². The fourth-order valence-corrected chi connectivity index (χ4v) is 3.39. The summed E-state index contributed by atoms with van der Waals surface area (Å²) in [4.78, 5) is 5.08. The molecule has 0 bridgehead atoms. The molecule has 0 unspecified atom stereocenters. The first-order valence-electron chi connectivity index (χ1n) is 7.01. The number of nitrogens with two attached hydrogens (primary N) is 1. The number of fused-ring (bicyclic) bond motifs is 1. The number of hydrogen-bond donors (Lipinski definition) is 2. The van der Waals surface area contributed by atoms with Crippen LogP contribution in [0.3, 0.4) is 0 Å². The Morgan fingerprint density at radius 3 is 2.88 bits per heavy atom. The highest BCUT2D eigenvalue weighted by Crippen LogP contribution is 2.31. The minimum absolute atomic E-state index is 0.00914. The van der Waals surface area contributed by atoms with Crippen molar-refractivity contribution in [1.82, 2.24) is 14.6 Å². The standard InChI is InChI=1S/C14H13Cl2F2N5S/c15-12-9(4-7(19)5-17)10(18)11-13(21-14(16)22-23(11)12)20-6-8-2-1-3-24-8/h1-3,7H,4-6,19H2,(H,20,21,22)/t7-/m1/s1. The lowest BCUT2D eigenvalue weighted by molar-refractivity contribution is 0.424. The van der Waals surface area contributed by atoms with Gasteiger partial charge < -0.3 is 11.1 Å². The molecule has 3 aromatic heterocycles. The highest BCUT2D eigenvalue weighted by atomic mass is 35.5. The smallest absolute Gasteiger partial charge is 0.243 e. The van der Waals surface area contributed by atoms with Crippen LogP contribution in [0.2, 0.25) is 10.4 Å². The molecule has 0 aliphatic rings. The van der Waals surface area contributed by atoms with Crippen LogP contribution in [0.1, 0.15) is 10.4 Å². The number of alkyl halides is 1. The molecule has 0 radical (unpaired) electrons. The Morgan fingerprint density at radius 1 is 1.42 bits per heavy atom. The molecule has 0 saturated carbocycles. The summed E-state index contributed by atoms with van der Waals surface area (Å²) < 4.78 is 28.6. The van der Waals surface area contributed by atoms with Gasteiger partial charge in [0.05, 0.1) is 6.54 Å². The zero-order valence-electron chi connectivity index (χ0n) is 12.3. The van der Waals surface area contributed by atoms with E-state index in [0.29, 0.717) is 6.54 Å². The van der Waals surface area contributed by atoms with Crippen molar-refractivity contribution >= 4 is 45.9 Å². The number of halogens is 4. The van der Waals surface area contributed by atoms with E-state index in [4.69, 9.17) is 28.9 Å². The second kappa shape index (κ2) is 7.18. The molecule has 0 aromatic carbocycles. The maximum Gasteiger partial charge on any atom is 0.243 e. The molecule has 0 amide bonds. The van der Waals surface area contributed by atoms with Crippen molar-refractivity contribution in [2.24, 2.45) is 5.73 Å². The van der Waals surface area contributed by atoms with Gasteiger partial charge >= 0.3 is 0 Å². The highest BCUT2D eigenvalue weighted by molar-refractivity contribution is 7.09. The molecule has 0 spiro atoms. The van der Waals surface area contributed by atoms with Gasteiger partial charge in [0.25, 0.3) is 0 Å². The number of nitrogens with zero attached hydrogens (tertiary/aromatic N) is 3. The van der Waals surface area contributed by atoms with E-state index in [9.17, 15) is 8.78 Å². The monoisotopic (exact) mass is 391 g/mol. The van der Waals surface area contributed by atoms with Crippen molar-refractivity contribution in [2.45, 2.75) is 19.0 Å². The van der Waals surface area contributed by atoms with Crippen LogP contribution in [-0.2, 0) is 13.0 Å². The Hall–Kier alpha value is -1.48. The average molecular weight is 392 g/mol. The molecule has 0 fully saturated rings. The van der Waals surface area contributed by atoms with Crippen LogP contribution in [0.4, 0.5) is 14.6 Å². The molecule has 128 valence electrons. The van der Waals surface area contributed by atoms with Crippen LogP contribution in [0.5, 0.6) is 0 Å². The van der Waals surface area contributed by atoms with E-state index in [1.165, 1.54) is 0 Å². The Kier molecular flexibility index (Phi) is 5.19. The maximum absolute atomic E-state index is 14.8. The predicted molar refractivity (Wildman–Crippen MR) is 92.3 cm³/mol. The first-order chi connectivity index (χ1) is 11.5. The number of nitrogens with one attached hydrogen (secondary N) is 1. The van der Waals surface area contributed by atoms with E-state index < -0.39 is 18.5 Å². The quantitative estimate of drug-likeness (QED) is 0.672. The summed E-state index contributed by atoms with van der Waals surface area (Å²) in [5, 5.41) is 8.81. The van der Waals surface area contributed by atoms with Crippen molar-refractivity contribution in [3.05, 3.63) is 44.2 Å². The van der Waals surface area contributed by atoms with E-state index in [1.54, 1.807) is 11.3 Å². The van der Waals surface area contributed by atoms with Gasteiger partial charge in [-0.15, -0.1) is 16.4 Å². The largest absolute Gasteiger partial charge is 0.363 e. The molecular weight excluding hydrogens is 379 g/mol. The molecule has 3 N–H and O–H groups in total. The summed E-state index contributed by atoms with van der Waals surface area (Å²) in [5.41, 5.74) is 5.72. The van der Waals surface area contributed by atoms with E-state index >= 15 is 0 Å². The lowest BCUT2D eigenvalue weighted by atomic mass is 10.1. The first kappa shape index (κ1) is 17.3. The van der Waals surface area contributed by atoms with Crippen molar-refractivity contribution in [3.63, 3.8) is 0 Å². The van der Waals surface area contributed by atoms with Crippen LogP contribution < -0.4 is 11.1 Å². The Balaban J connectivity index is 2.03. The SMILES string of the molecule is N[C@@H](CF)Cc1c(F)c2c(NCc3cccs3)nc(Cl)nn2c1Cl. The maximum atomic E-state index is 14.8. The molecule has 1 atom stereocenters. The van der Waals surface area contributed by atoms with Crippen molar-refractivity contribution < 1.29 is 8.78 Å². The van der Waals surface area contributed by atoms with Gasteiger partial charge in [-0.3, -0.25) is 0 Å². The van der Waals surface area contributed by atoms with Crippen LogP contribution in [-0.4, -0.2) is 27.3 Å². The third kappa shape index (κ3) is 3.32. The van der Waals surface area contributed by atoms with Crippen LogP contribution in [0.25, 0.3) is 5.52 Å². The summed E-state index contributed by atoms with van der Waals surface area (Å²) in [5.74, 6) is -0.419. The highest BCUT2D eigenvalue weighted by Gasteiger charge is 2.24. The summed E-state index contributed by atoms with van der Waals surface area (Å²) in [6, 6.07) is 3.00. The molecular formula is C14H13Cl2F2N5S. The molecule has 0 aliphatic heterocycles. The van der Waals surface area contributed by atoms with Gasteiger partial charge in [0.15, 0.2) is 11.6 Å². The van der Waals surface area contributed by atoms with Crippen molar-refractivity contribution in [3.8, 4) is 0 Å². The third-order valence-electron chi connectivity index (χ3n) is 3.41. The minimum Gasteiger partial charge on any atom is -0.363 e.